The van der Waals surface area contributed by atoms with Crippen LogP contribution in [0.15, 0.2) is 24.3 Å². The second kappa shape index (κ2) is 4.43. The highest BCUT2D eigenvalue weighted by atomic mass is 32.2. The molecular formula is C10H10N2O6S. The molecule has 8 nitrogen and oxygen atoms in total. The SMILES string of the molecule is O=C(O)CN1c2ccccc2N(CC(=O)O)S1(=O)=O. The molecule has 9 heteroatoms. The number of rotatable bonds is 4. The second-order valence-corrected chi connectivity index (χ2v) is 5.57. The number of hydrogen-bond acceptors (Lipinski definition) is 4. The number of aliphatic carboxylic acids is 2. The van der Waals surface area contributed by atoms with Gasteiger partial charge in [0.1, 0.15) is 13.1 Å². The van der Waals surface area contributed by atoms with E-state index in [0.29, 0.717) is 8.61 Å². The summed E-state index contributed by atoms with van der Waals surface area (Å²) in [5, 5.41) is 17.5. The smallest absolute Gasteiger partial charge is 0.327 e. The van der Waals surface area contributed by atoms with E-state index in [0.717, 1.165) is 0 Å². The van der Waals surface area contributed by atoms with Crippen LogP contribution in [0.2, 0.25) is 0 Å². The van der Waals surface area contributed by atoms with E-state index in [1.165, 1.54) is 12.1 Å². The Labute approximate surface area is 108 Å². The van der Waals surface area contributed by atoms with Crippen molar-refractivity contribution < 1.29 is 28.2 Å². The summed E-state index contributed by atoms with van der Waals surface area (Å²) in [5.41, 5.74) is 0.317. The van der Waals surface area contributed by atoms with E-state index in [9.17, 15) is 18.0 Å². The Morgan fingerprint density at radius 3 is 1.63 bits per heavy atom. The monoisotopic (exact) mass is 286 g/mol. The van der Waals surface area contributed by atoms with E-state index in [-0.39, 0.29) is 11.4 Å². The molecule has 2 rings (SSSR count). The molecule has 0 unspecified atom stereocenters. The highest BCUT2D eigenvalue weighted by Gasteiger charge is 2.41. The molecule has 0 saturated heterocycles. The van der Waals surface area contributed by atoms with Crippen LogP contribution in [0.1, 0.15) is 0 Å². The van der Waals surface area contributed by atoms with Gasteiger partial charge in [-0.2, -0.15) is 8.42 Å². The third kappa shape index (κ3) is 2.19. The molecule has 0 saturated carbocycles. The fourth-order valence-corrected chi connectivity index (χ4v) is 3.42. The zero-order valence-electron chi connectivity index (χ0n) is 9.55. The van der Waals surface area contributed by atoms with Crippen molar-refractivity contribution >= 4 is 33.5 Å². The summed E-state index contributed by atoms with van der Waals surface area (Å²) in [5.74, 6) is -2.65. The van der Waals surface area contributed by atoms with E-state index in [1.807, 2.05) is 0 Å². The fraction of sp³-hybridized carbons (Fsp3) is 0.200. The van der Waals surface area contributed by atoms with Crippen molar-refractivity contribution in [1.29, 1.82) is 0 Å². The van der Waals surface area contributed by atoms with Gasteiger partial charge in [0.2, 0.25) is 0 Å². The molecule has 0 spiro atoms. The molecular weight excluding hydrogens is 276 g/mol. The number of anilines is 2. The average molecular weight is 286 g/mol. The zero-order chi connectivity index (χ0) is 14.2. The van der Waals surface area contributed by atoms with E-state index in [4.69, 9.17) is 10.2 Å². The molecule has 1 aliphatic heterocycles. The minimum absolute atomic E-state index is 0.158. The molecule has 2 N–H and O–H groups in total. The van der Waals surface area contributed by atoms with Crippen LogP contribution in [0.25, 0.3) is 0 Å². The number of para-hydroxylation sites is 2. The van der Waals surface area contributed by atoms with Gasteiger partial charge in [0.15, 0.2) is 0 Å². The van der Waals surface area contributed by atoms with Gasteiger partial charge in [-0.15, -0.1) is 0 Å². The van der Waals surface area contributed by atoms with E-state index < -0.39 is 35.2 Å². The number of carboxylic acids is 2. The van der Waals surface area contributed by atoms with Crippen LogP contribution >= 0.6 is 0 Å². The van der Waals surface area contributed by atoms with E-state index in [1.54, 1.807) is 12.1 Å². The summed E-state index contributed by atoms with van der Waals surface area (Å²) >= 11 is 0. The first-order chi connectivity index (χ1) is 8.84. The Hall–Kier alpha value is -2.29. The summed E-state index contributed by atoms with van der Waals surface area (Å²) in [6.45, 7) is -1.51. The Morgan fingerprint density at radius 2 is 1.32 bits per heavy atom. The molecule has 0 aromatic heterocycles. The van der Waals surface area contributed by atoms with Crippen LogP contribution in [0.5, 0.6) is 0 Å². The predicted octanol–water partition coefficient (Wildman–Crippen LogP) is -0.273. The summed E-state index contributed by atoms with van der Waals surface area (Å²) in [7, 11) is -4.17. The fourth-order valence-electron chi connectivity index (χ4n) is 1.83. The first-order valence-electron chi connectivity index (χ1n) is 5.17. The summed E-state index contributed by atoms with van der Waals surface area (Å²) < 4.78 is 25.6. The molecule has 1 aromatic rings. The first-order valence-corrected chi connectivity index (χ1v) is 6.57. The molecule has 102 valence electrons. The molecule has 1 heterocycles. The molecule has 1 aliphatic rings. The second-order valence-electron chi connectivity index (χ2n) is 3.80. The van der Waals surface area contributed by atoms with Crippen molar-refractivity contribution in [2.24, 2.45) is 0 Å². The van der Waals surface area contributed by atoms with Crippen molar-refractivity contribution in [1.82, 2.24) is 0 Å². The molecule has 1 aromatic carbocycles. The number of carbonyl (C=O) groups is 2. The maximum absolute atomic E-state index is 12.1. The molecule has 0 amide bonds. The standard InChI is InChI=1S/C10H10N2O6S/c13-9(14)5-11-7-3-1-2-4-8(7)12(6-10(15)16)19(11,17)18/h1-4H,5-6H2,(H,13,14)(H,15,16). The van der Waals surface area contributed by atoms with Crippen molar-refractivity contribution in [3.8, 4) is 0 Å². The third-order valence-electron chi connectivity index (χ3n) is 2.53. The van der Waals surface area contributed by atoms with Crippen molar-refractivity contribution in [3.63, 3.8) is 0 Å². The summed E-state index contributed by atoms with van der Waals surface area (Å²) in [6.07, 6.45) is 0. The average Bonchev–Trinajstić information content (AvgIpc) is 2.50. The van der Waals surface area contributed by atoms with Gasteiger partial charge < -0.3 is 10.2 Å². The van der Waals surface area contributed by atoms with Gasteiger partial charge in [-0.05, 0) is 12.1 Å². The van der Waals surface area contributed by atoms with Gasteiger partial charge in [-0.3, -0.25) is 9.59 Å². The summed E-state index contributed by atoms with van der Waals surface area (Å²) in [4.78, 5) is 21.5. The van der Waals surface area contributed by atoms with Crippen LogP contribution in [-0.2, 0) is 19.8 Å². The molecule has 0 radical (unpaired) electrons. The predicted molar refractivity (Wildman–Crippen MR) is 65.3 cm³/mol. The Morgan fingerprint density at radius 1 is 0.947 bits per heavy atom. The largest absolute Gasteiger partial charge is 0.480 e. The van der Waals surface area contributed by atoms with Gasteiger partial charge in [0, 0.05) is 0 Å². The lowest BCUT2D eigenvalue weighted by atomic mass is 10.2. The number of benzene rings is 1. The quantitative estimate of drug-likeness (QED) is 0.787. The van der Waals surface area contributed by atoms with Crippen molar-refractivity contribution in [2.75, 3.05) is 21.7 Å². The normalized spacial score (nSPS) is 16.2. The van der Waals surface area contributed by atoms with Crippen molar-refractivity contribution in [2.45, 2.75) is 0 Å². The molecule has 0 bridgehead atoms. The minimum Gasteiger partial charge on any atom is -0.480 e. The molecule has 0 aliphatic carbocycles. The maximum atomic E-state index is 12.1. The number of nitrogens with zero attached hydrogens (tertiary/aromatic N) is 2. The Kier molecular flexibility index (Phi) is 3.06. The van der Waals surface area contributed by atoms with Gasteiger partial charge in [0.05, 0.1) is 11.4 Å². The zero-order valence-corrected chi connectivity index (χ0v) is 10.4. The minimum atomic E-state index is -4.17. The highest BCUT2D eigenvalue weighted by Crippen LogP contribution is 2.40. The van der Waals surface area contributed by atoms with Gasteiger partial charge in [0.25, 0.3) is 0 Å². The Balaban J connectivity index is 2.54. The lowest BCUT2D eigenvalue weighted by molar-refractivity contribution is -0.136. The Bertz CT molecular complexity index is 592. The van der Waals surface area contributed by atoms with E-state index in [2.05, 4.69) is 0 Å². The lowest BCUT2D eigenvalue weighted by Gasteiger charge is -2.18. The van der Waals surface area contributed by atoms with Crippen LogP contribution < -0.4 is 8.61 Å². The molecule has 0 atom stereocenters. The van der Waals surface area contributed by atoms with Crippen LogP contribution in [0, 0.1) is 0 Å². The van der Waals surface area contributed by atoms with Gasteiger partial charge in [-0.25, -0.2) is 8.61 Å². The maximum Gasteiger partial charge on any atom is 0.327 e. The van der Waals surface area contributed by atoms with Crippen LogP contribution in [0.3, 0.4) is 0 Å². The number of fused-ring (bicyclic) bond motifs is 1. The lowest BCUT2D eigenvalue weighted by Crippen LogP contribution is -2.42. The van der Waals surface area contributed by atoms with E-state index >= 15 is 0 Å². The molecule has 19 heavy (non-hydrogen) atoms. The topological polar surface area (TPSA) is 115 Å². The summed E-state index contributed by atoms with van der Waals surface area (Å²) in [6, 6.07) is 5.95. The first kappa shape index (κ1) is 13.1. The van der Waals surface area contributed by atoms with Crippen molar-refractivity contribution in [3.05, 3.63) is 24.3 Å². The van der Waals surface area contributed by atoms with Crippen LogP contribution in [-0.4, -0.2) is 43.7 Å². The third-order valence-corrected chi connectivity index (χ3v) is 4.30. The van der Waals surface area contributed by atoms with Gasteiger partial charge in [-0.1, -0.05) is 12.1 Å². The number of hydrogen-bond donors (Lipinski definition) is 2. The highest BCUT2D eigenvalue weighted by molar-refractivity contribution is 7.94. The number of carboxylic acid groups (broad SMARTS) is 2. The van der Waals surface area contributed by atoms with Crippen LogP contribution in [0.4, 0.5) is 11.4 Å². The van der Waals surface area contributed by atoms with Gasteiger partial charge >= 0.3 is 22.1 Å². The molecule has 0 fully saturated rings.